The Morgan fingerprint density at radius 2 is 1.67 bits per heavy atom. The highest BCUT2D eigenvalue weighted by molar-refractivity contribution is 5.96. The van der Waals surface area contributed by atoms with Gasteiger partial charge in [0.1, 0.15) is 0 Å². The van der Waals surface area contributed by atoms with Crippen LogP contribution >= 0.6 is 0 Å². The third kappa shape index (κ3) is 4.69. The quantitative estimate of drug-likeness (QED) is 0.654. The van der Waals surface area contributed by atoms with Gasteiger partial charge in [0.2, 0.25) is 0 Å². The fourth-order valence-corrected chi connectivity index (χ4v) is 2.58. The van der Waals surface area contributed by atoms with E-state index in [1.165, 1.54) is 23.8 Å². The van der Waals surface area contributed by atoms with Gasteiger partial charge in [0.25, 0.3) is 5.91 Å². The van der Waals surface area contributed by atoms with Gasteiger partial charge in [-0.25, -0.2) is 4.79 Å². The van der Waals surface area contributed by atoms with Gasteiger partial charge in [-0.15, -0.1) is 0 Å². The van der Waals surface area contributed by atoms with E-state index in [9.17, 15) is 9.59 Å². The van der Waals surface area contributed by atoms with E-state index in [1.54, 1.807) is 24.3 Å². The standard InChI is InChI=1S/C20H23NO3/c1-14-6-7-16(15(2)13-14)5-4-12-21-19(22)17-8-10-18(11-9-17)20(23)24-3/h6-11,13H,4-5,12H2,1-3H3,(H,21,22). The second-order valence-corrected chi connectivity index (χ2v) is 5.86. The first-order valence-electron chi connectivity index (χ1n) is 8.04. The van der Waals surface area contributed by atoms with Gasteiger partial charge in [-0.2, -0.15) is 0 Å². The minimum absolute atomic E-state index is 0.132. The molecule has 0 atom stereocenters. The number of nitrogens with one attached hydrogen (secondary N) is 1. The lowest BCUT2D eigenvalue weighted by Gasteiger charge is -2.08. The van der Waals surface area contributed by atoms with Crippen molar-refractivity contribution in [3.05, 3.63) is 70.3 Å². The molecule has 0 aromatic heterocycles. The molecule has 0 aliphatic rings. The molecule has 24 heavy (non-hydrogen) atoms. The molecule has 0 aliphatic carbocycles. The normalized spacial score (nSPS) is 10.3. The van der Waals surface area contributed by atoms with E-state index in [2.05, 4.69) is 42.1 Å². The zero-order chi connectivity index (χ0) is 17.5. The molecule has 126 valence electrons. The van der Waals surface area contributed by atoms with Crippen molar-refractivity contribution in [2.24, 2.45) is 0 Å². The number of hydrogen-bond donors (Lipinski definition) is 1. The first-order chi connectivity index (χ1) is 11.5. The van der Waals surface area contributed by atoms with Gasteiger partial charge >= 0.3 is 5.97 Å². The van der Waals surface area contributed by atoms with Crippen LogP contribution in [0.5, 0.6) is 0 Å². The minimum atomic E-state index is -0.407. The Kier molecular flexibility index (Phi) is 6.13. The lowest BCUT2D eigenvalue weighted by atomic mass is 10.0. The lowest BCUT2D eigenvalue weighted by molar-refractivity contribution is 0.0600. The van der Waals surface area contributed by atoms with Crippen LogP contribution in [0.25, 0.3) is 0 Å². The number of aryl methyl sites for hydroxylation is 3. The van der Waals surface area contributed by atoms with Gasteiger partial charge in [0.15, 0.2) is 0 Å². The summed E-state index contributed by atoms with van der Waals surface area (Å²) in [6.45, 7) is 4.82. The Morgan fingerprint density at radius 3 is 2.29 bits per heavy atom. The Morgan fingerprint density at radius 1 is 1.00 bits per heavy atom. The number of benzene rings is 2. The van der Waals surface area contributed by atoms with Crippen LogP contribution in [0.1, 0.15) is 43.8 Å². The molecular weight excluding hydrogens is 302 g/mol. The molecule has 2 aromatic carbocycles. The van der Waals surface area contributed by atoms with E-state index in [-0.39, 0.29) is 5.91 Å². The number of rotatable bonds is 6. The van der Waals surface area contributed by atoms with E-state index in [4.69, 9.17) is 0 Å². The molecular formula is C20H23NO3. The SMILES string of the molecule is COC(=O)c1ccc(C(=O)NCCCc2ccc(C)cc2C)cc1. The third-order valence-electron chi connectivity index (χ3n) is 3.97. The minimum Gasteiger partial charge on any atom is -0.465 e. The van der Waals surface area contributed by atoms with E-state index < -0.39 is 5.97 Å². The molecule has 1 amide bonds. The predicted octanol–water partition coefficient (Wildman–Crippen LogP) is 3.45. The lowest BCUT2D eigenvalue weighted by Crippen LogP contribution is -2.24. The van der Waals surface area contributed by atoms with Crippen LogP contribution in [0.4, 0.5) is 0 Å². The summed E-state index contributed by atoms with van der Waals surface area (Å²) in [5.41, 5.74) is 4.84. The molecule has 2 aromatic rings. The Labute approximate surface area is 142 Å². The molecule has 1 N–H and O–H groups in total. The number of carbonyl (C=O) groups is 2. The Hall–Kier alpha value is -2.62. The van der Waals surface area contributed by atoms with Crippen molar-refractivity contribution < 1.29 is 14.3 Å². The summed E-state index contributed by atoms with van der Waals surface area (Å²) in [5.74, 6) is -0.539. The van der Waals surface area contributed by atoms with Crippen molar-refractivity contribution in [1.29, 1.82) is 0 Å². The summed E-state index contributed by atoms with van der Waals surface area (Å²) in [5, 5.41) is 2.91. The zero-order valence-electron chi connectivity index (χ0n) is 14.4. The van der Waals surface area contributed by atoms with Crippen molar-refractivity contribution in [2.75, 3.05) is 13.7 Å². The molecule has 0 radical (unpaired) electrons. The van der Waals surface area contributed by atoms with Crippen LogP contribution in [0.15, 0.2) is 42.5 Å². The predicted molar refractivity (Wildman–Crippen MR) is 94.4 cm³/mol. The van der Waals surface area contributed by atoms with Crippen LogP contribution in [0.2, 0.25) is 0 Å². The summed E-state index contributed by atoms with van der Waals surface area (Å²) in [4.78, 5) is 23.5. The van der Waals surface area contributed by atoms with Gasteiger partial charge in [-0.05, 0) is 62.1 Å². The average Bonchev–Trinajstić information content (AvgIpc) is 2.59. The summed E-state index contributed by atoms with van der Waals surface area (Å²) in [7, 11) is 1.33. The number of methoxy groups -OCH3 is 1. The summed E-state index contributed by atoms with van der Waals surface area (Å²) in [6.07, 6.45) is 1.82. The molecule has 0 spiro atoms. The van der Waals surface area contributed by atoms with Crippen LogP contribution in [0.3, 0.4) is 0 Å². The van der Waals surface area contributed by atoms with Crippen LogP contribution < -0.4 is 5.32 Å². The van der Waals surface area contributed by atoms with Gasteiger partial charge < -0.3 is 10.1 Å². The highest BCUT2D eigenvalue weighted by atomic mass is 16.5. The molecule has 0 bridgehead atoms. The van der Waals surface area contributed by atoms with E-state index >= 15 is 0 Å². The topological polar surface area (TPSA) is 55.4 Å². The summed E-state index contributed by atoms with van der Waals surface area (Å²) < 4.78 is 4.64. The molecule has 0 aliphatic heterocycles. The maximum Gasteiger partial charge on any atom is 0.337 e. The molecule has 0 unspecified atom stereocenters. The molecule has 0 saturated heterocycles. The van der Waals surface area contributed by atoms with Crippen molar-refractivity contribution in [3.63, 3.8) is 0 Å². The van der Waals surface area contributed by atoms with Crippen molar-refractivity contribution >= 4 is 11.9 Å². The largest absolute Gasteiger partial charge is 0.465 e. The molecule has 4 nitrogen and oxygen atoms in total. The van der Waals surface area contributed by atoms with Crippen molar-refractivity contribution in [2.45, 2.75) is 26.7 Å². The zero-order valence-corrected chi connectivity index (χ0v) is 14.4. The van der Waals surface area contributed by atoms with Crippen molar-refractivity contribution in [1.82, 2.24) is 5.32 Å². The molecule has 2 rings (SSSR count). The highest BCUT2D eigenvalue weighted by Crippen LogP contribution is 2.12. The van der Waals surface area contributed by atoms with E-state index in [1.807, 2.05) is 0 Å². The molecule has 0 fully saturated rings. The van der Waals surface area contributed by atoms with Gasteiger partial charge in [0, 0.05) is 12.1 Å². The number of amides is 1. The third-order valence-corrected chi connectivity index (χ3v) is 3.97. The first kappa shape index (κ1) is 17.7. The Balaban J connectivity index is 1.81. The van der Waals surface area contributed by atoms with Crippen LogP contribution in [0, 0.1) is 13.8 Å². The van der Waals surface area contributed by atoms with Gasteiger partial charge in [0.05, 0.1) is 12.7 Å². The second-order valence-electron chi connectivity index (χ2n) is 5.86. The number of carbonyl (C=O) groups excluding carboxylic acids is 2. The van der Waals surface area contributed by atoms with Gasteiger partial charge in [-0.3, -0.25) is 4.79 Å². The monoisotopic (exact) mass is 325 g/mol. The van der Waals surface area contributed by atoms with E-state index in [0.717, 1.165) is 12.8 Å². The maximum absolute atomic E-state index is 12.1. The molecule has 4 heteroatoms. The Bertz CT molecular complexity index is 720. The molecule has 0 saturated carbocycles. The number of hydrogen-bond acceptors (Lipinski definition) is 3. The van der Waals surface area contributed by atoms with E-state index in [0.29, 0.717) is 17.7 Å². The van der Waals surface area contributed by atoms with Crippen LogP contribution in [-0.2, 0) is 11.2 Å². The summed E-state index contributed by atoms with van der Waals surface area (Å²) >= 11 is 0. The number of ether oxygens (including phenoxy) is 1. The number of esters is 1. The fraction of sp³-hybridized carbons (Fsp3) is 0.300. The van der Waals surface area contributed by atoms with Gasteiger partial charge in [-0.1, -0.05) is 23.8 Å². The average molecular weight is 325 g/mol. The molecule has 0 heterocycles. The summed E-state index contributed by atoms with van der Waals surface area (Å²) in [6, 6.07) is 12.9. The smallest absolute Gasteiger partial charge is 0.337 e. The fourth-order valence-electron chi connectivity index (χ4n) is 2.58. The van der Waals surface area contributed by atoms with Crippen LogP contribution in [-0.4, -0.2) is 25.5 Å². The maximum atomic E-state index is 12.1. The second kappa shape index (κ2) is 8.29. The highest BCUT2D eigenvalue weighted by Gasteiger charge is 2.08. The first-order valence-corrected chi connectivity index (χ1v) is 8.04. The van der Waals surface area contributed by atoms with Crippen molar-refractivity contribution in [3.8, 4) is 0 Å².